The highest BCUT2D eigenvalue weighted by Crippen LogP contribution is 2.30. The second kappa shape index (κ2) is 6.41. The van der Waals surface area contributed by atoms with Gasteiger partial charge in [-0.15, -0.1) is 0 Å². The number of carbonyl (C=O) groups excluding carboxylic acids is 1. The molecular formula is C22H17NO3. The van der Waals surface area contributed by atoms with Crippen LogP contribution in [0.2, 0.25) is 0 Å². The molecule has 4 aromatic carbocycles. The van der Waals surface area contributed by atoms with Crippen molar-refractivity contribution in [1.82, 2.24) is 0 Å². The fourth-order valence-corrected chi connectivity index (χ4v) is 3.10. The van der Waals surface area contributed by atoms with Gasteiger partial charge in [0.05, 0.1) is 18.4 Å². The highest BCUT2D eigenvalue weighted by Gasteiger charge is 2.15. The van der Waals surface area contributed by atoms with E-state index in [1.165, 1.54) is 0 Å². The van der Waals surface area contributed by atoms with E-state index in [1.807, 2.05) is 48.5 Å². The molecule has 4 aromatic rings. The van der Waals surface area contributed by atoms with Gasteiger partial charge in [0.1, 0.15) is 11.5 Å². The molecule has 0 aromatic heterocycles. The van der Waals surface area contributed by atoms with Gasteiger partial charge in [0.25, 0.3) is 5.91 Å². The van der Waals surface area contributed by atoms with Crippen LogP contribution >= 0.6 is 0 Å². The fraction of sp³-hybridized carbons (Fsp3) is 0.0455. The van der Waals surface area contributed by atoms with E-state index >= 15 is 0 Å². The van der Waals surface area contributed by atoms with Gasteiger partial charge in [0.15, 0.2) is 0 Å². The molecule has 0 atom stereocenters. The Balaban J connectivity index is 1.76. The molecule has 128 valence electrons. The summed E-state index contributed by atoms with van der Waals surface area (Å²) in [6.45, 7) is 0. The molecule has 0 saturated carbocycles. The maximum atomic E-state index is 12.7. The molecule has 4 nitrogen and oxygen atoms in total. The molecule has 0 spiro atoms. The van der Waals surface area contributed by atoms with Crippen LogP contribution < -0.4 is 10.1 Å². The zero-order valence-corrected chi connectivity index (χ0v) is 14.2. The fourth-order valence-electron chi connectivity index (χ4n) is 3.10. The first-order valence-corrected chi connectivity index (χ1v) is 8.25. The predicted molar refractivity (Wildman–Crippen MR) is 104 cm³/mol. The Morgan fingerprint density at radius 1 is 0.846 bits per heavy atom. The van der Waals surface area contributed by atoms with Crippen LogP contribution in [0.25, 0.3) is 21.5 Å². The largest absolute Gasteiger partial charge is 0.507 e. The summed E-state index contributed by atoms with van der Waals surface area (Å²) in [5.74, 6) is 0.120. The van der Waals surface area contributed by atoms with Gasteiger partial charge >= 0.3 is 0 Å². The number of rotatable bonds is 3. The summed E-state index contributed by atoms with van der Waals surface area (Å²) >= 11 is 0. The lowest BCUT2D eigenvalue weighted by Crippen LogP contribution is -2.12. The van der Waals surface area contributed by atoms with Gasteiger partial charge in [-0.3, -0.25) is 4.79 Å². The Morgan fingerprint density at radius 3 is 2.15 bits per heavy atom. The number of phenols is 1. The number of para-hydroxylation sites is 2. The third kappa shape index (κ3) is 2.82. The van der Waals surface area contributed by atoms with Gasteiger partial charge in [0.2, 0.25) is 0 Å². The van der Waals surface area contributed by atoms with Crippen LogP contribution in [0.1, 0.15) is 10.4 Å². The lowest BCUT2D eigenvalue weighted by Gasteiger charge is -2.12. The monoisotopic (exact) mass is 343 g/mol. The Labute approximate surface area is 150 Å². The zero-order chi connectivity index (χ0) is 18.1. The van der Waals surface area contributed by atoms with Crippen LogP contribution in [0.4, 0.5) is 5.69 Å². The molecule has 0 aliphatic rings. The summed E-state index contributed by atoms with van der Waals surface area (Å²) in [4.78, 5) is 12.7. The SMILES string of the molecule is COc1ccccc1NC(=O)c1cc2cc3ccccc3cc2cc1O. The molecule has 0 heterocycles. The van der Waals surface area contributed by atoms with E-state index in [1.54, 1.807) is 31.4 Å². The van der Waals surface area contributed by atoms with Crippen LogP contribution in [0.3, 0.4) is 0 Å². The molecule has 0 radical (unpaired) electrons. The first-order valence-electron chi connectivity index (χ1n) is 8.25. The summed E-state index contributed by atoms with van der Waals surface area (Å²) in [5, 5.41) is 17.1. The van der Waals surface area contributed by atoms with E-state index in [9.17, 15) is 9.90 Å². The number of fused-ring (bicyclic) bond motifs is 2. The van der Waals surface area contributed by atoms with Crippen molar-refractivity contribution in [1.29, 1.82) is 0 Å². The van der Waals surface area contributed by atoms with Crippen molar-refractivity contribution in [2.45, 2.75) is 0 Å². The average molecular weight is 343 g/mol. The lowest BCUT2D eigenvalue weighted by molar-refractivity contribution is 0.102. The van der Waals surface area contributed by atoms with Crippen molar-refractivity contribution in [3.63, 3.8) is 0 Å². The molecule has 0 unspecified atom stereocenters. The molecule has 26 heavy (non-hydrogen) atoms. The second-order valence-corrected chi connectivity index (χ2v) is 6.07. The normalized spacial score (nSPS) is 10.8. The molecule has 1 amide bonds. The number of hydrogen-bond acceptors (Lipinski definition) is 3. The van der Waals surface area contributed by atoms with Crippen LogP contribution in [-0.2, 0) is 0 Å². The van der Waals surface area contributed by atoms with Gasteiger partial charge in [-0.25, -0.2) is 0 Å². The molecule has 4 rings (SSSR count). The van der Waals surface area contributed by atoms with E-state index < -0.39 is 0 Å². The lowest BCUT2D eigenvalue weighted by atomic mass is 10.0. The highest BCUT2D eigenvalue weighted by molar-refractivity contribution is 6.10. The Morgan fingerprint density at radius 2 is 1.46 bits per heavy atom. The van der Waals surface area contributed by atoms with E-state index in [2.05, 4.69) is 5.32 Å². The molecule has 0 aliphatic heterocycles. The molecule has 0 bridgehead atoms. The number of carbonyl (C=O) groups is 1. The maximum Gasteiger partial charge on any atom is 0.259 e. The molecule has 0 aliphatic carbocycles. The smallest absolute Gasteiger partial charge is 0.259 e. The first kappa shape index (κ1) is 16.0. The van der Waals surface area contributed by atoms with Gasteiger partial charge in [0, 0.05) is 0 Å². The number of phenolic OH excluding ortho intramolecular Hbond substituents is 1. The maximum absolute atomic E-state index is 12.7. The standard InChI is InChI=1S/C22H17NO3/c1-26-21-9-5-4-8-19(21)23-22(25)18-12-16-10-14-6-2-3-7-15(14)11-17(16)13-20(18)24/h2-13,24H,1H3,(H,23,25). The van der Waals surface area contributed by atoms with Gasteiger partial charge in [-0.2, -0.15) is 0 Å². The Kier molecular flexibility index (Phi) is 3.93. The average Bonchev–Trinajstić information content (AvgIpc) is 2.66. The number of benzene rings is 4. The second-order valence-electron chi connectivity index (χ2n) is 6.07. The quantitative estimate of drug-likeness (QED) is 0.517. The number of anilines is 1. The summed E-state index contributed by atoms with van der Waals surface area (Å²) in [5.41, 5.74) is 0.775. The van der Waals surface area contributed by atoms with Gasteiger partial charge in [-0.1, -0.05) is 36.4 Å². The molecule has 0 fully saturated rings. The molecular weight excluding hydrogens is 326 g/mol. The highest BCUT2D eigenvalue weighted by atomic mass is 16.5. The number of aromatic hydroxyl groups is 1. The molecule has 0 saturated heterocycles. The summed E-state index contributed by atoms with van der Waals surface area (Å²) in [7, 11) is 1.55. The van der Waals surface area contributed by atoms with E-state index in [4.69, 9.17) is 4.74 Å². The number of ether oxygens (including phenoxy) is 1. The number of methoxy groups -OCH3 is 1. The summed E-state index contributed by atoms with van der Waals surface area (Å²) < 4.78 is 5.25. The van der Waals surface area contributed by atoms with Gasteiger partial charge < -0.3 is 15.2 Å². The van der Waals surface area contributed by atoms with Crippen LogP contribution in [0.15, 0.2) is 72.8 Å². The van der Waals surface area contributed by atoms with E-state index in [-0.39, 0.29) is 17.2 Å². The minimum Gasteiger partial charge on any atom is -0.507 e. The van der Waals surface area contributed by atoms with Crippen LogP contribution in [0.5, 0.6) is 11.5 Å². The molecule has 2 N–H and O–H groups in total. The van der Waals surface area contributed by atoms with E-state index in [0.29, 0.717) is 11.4 Å². The topological polar surface area (TPSA) is 58.6 Å². The van der Waals surface area contributed by atoms with Crippen molar-refractivity contribution in [3.05, 3.63) is 78.4 Å². The van der Waals surface area contributed by atoms with Crippen molar-refractivity contribution < 1.29 is 14.6 Å². The number of nitrogens with one attached hydrogen (secondary N) is 1. The van der Waals surface area contributed by atoms with Crippen molar-refractivity contribution in [3.8, 4) is 11.5 Å². The number of hydrogen-bond donors (Lipinski definition) is 2. The van der Waals surface area contributed by atoms with Crippen molar-refractivity contribution in [2.24, 2.45) is 0 Å². The third-order valence-electron chi connectivity index (χ3n) is 4.42. The minimum atomic E-state index is -0.387. The Hall–Kier alpha value is -3.53. The zero-order valence-electron chi connectivity index (χ0n) is 14.2. The minimum absolute atomic E-state index is 0.0554. The van der Waals surface area contributed by atoms with Gasteiger partial charge in [-0.05, 0) is 57.9 Å². The first-order chi connectivity index (χ1) is 12.7. The third-order valence-corrected chi connectivity index (χ3v) is 4.42. The van der Waals surface area contributed by atoms with Crippen LogP contribution in [-0.4, -0.2) is 18.1 Å². The van der Waals surface area contributed by atoms with Crippen molar-refractivity contribution >= 4 is 33.1 Å². The Bertz CT molecular complexity index is 1130. The van der Waals surface area contributed by atoms with Crippen molar-refractivity contribution in [2.75, 3.05) is 12.4 Å². The van der Waals surface area contributed by atoms with Crippen LogP contribution in [0, 0.1) is 0 Å². The van der Waals surface area contributed by atoms with E-state index in [0.717, 1.165) is 21.5 Å². The summed E-state index contributed by atoms with van der Waals surface area (Å²) in [6.07, 6.45) is 0. The number of amides is 1. The molecule has 4 heteroatoms. The predicted octanol–water partition coefficient (Wildman–Crippen LogP) is 4.96. The summed E-state index contributed by atoms with van der Waals surface area (Å²) in [6, 6.07) is 22.5.